The van der Waals surface area contributed by atoms with E-state index in [1.54, 1.807) is 6.08 Å². The van der Waals surface area contributed by atoms with E-state index in [4.69, 9.17) is 8.92 Å². The van der Waals surface area contributed by atoms with Crippen LogP contribution in [0, 0.1) is 0 Å². The summed E-state index contributed by atoms with van der Waals surface area (Å²) in [5, 5.41) is 1.87. The lowest BCUT2D eigenvalue weighted by Gasteiger charge is -2.29. The molecule has 0 radical (unpaired) electrons. The number of allylic oxidation sites excluding steroid dienone is 1. The second-order valence-electron chi connectivity index (χ2n) is 7.51. The number of amides is 1. The zero-order valence-electron chi connectivity index (χ0n) is 17.2. The Bertz CT molecular complexity index is 729. The molecule has 29 heavy (non-hydrogen) atoms. The molecule has 1 aliphatic carbocycles. The molecule has 0 unspecified atom stereocenters. The van der Waals surface area contributed by atoms with Crippen molar-refractivity contribution in [2.75, 3.05) is 0 Å². The summed E-state index contributed by atoms with van der Waals surface area (Å²) in [5.74, 6) is 0. The largest absolute Gasteiger partial charge is 0.445 e. The molecule has 162 valence electrons. The first-order valence-corrected chi connectivity index (χ1v) is 11.9. The van der Waals surface area contributed by atoms with Gasteiger partial charge >= 0.3 is 6.09 Å². The van der Waals surface area contributed by atoms with Crippen molar-refractivity contribution in [2.45, 2.75) is 82.3 Å². The van der Waals surface area contributed by atoms with E-state index in [2.05, 4.69) is 11.9 Å². The third kappa shape index (κ3) is 7.82. The number of rotatable bonds is 11. The van der Waals surface area contributed by atoms with Crippen LogP contribution in [0.5, 0.6) is 0 Å². The number of ether oxygens (including phenoxy) is 1. The van der Waals surface area contributed by atoms with Crippen LogP contribution in [0.1, 0.15) is 63.9 Å². The van der Waals surface area contributed by atoms with Gasteiger partial charge in [0.1, 0.15) is 11.9 Å². The number of carbonyl (C=O) groups is 1. The molecule has 2 rings (SSSR count). The van der Waals surface area contributed by atoms with Crippen molar-refractivity contribution in [3.63, 3.8) is 0 Å². The summed E-state index contributed by atoms with van der Waals surface area (Å²) in [6, 6.07) is 8.74. The van der Waals surface area contributed by atoms with Gasteiger partial charge < -0.3 is 10.1 Å². The molecule has 1 amide bonds. The van der Waals surface area contributed by atoms with Crippen LogP contribution in [0.2, 0.25) is 0 Å². The molecular formula is C22H33NO5S. The van der Waals surface area contributed by atoms with E-state index in [0.717, 1.165) is 44.1 Å². The molecule has 0 bridgehead atoms. The molecule has 0 spiro atoms. The summed E-state index contributed by atoms with van der Waals surface area (Å²) in [6.45, 7) is 5.77. The summed E-state index contributed by atoms with van der Waals surface area (Å²) in [5.41, 5.74) is 0.866. The Morgan fingerprint density at radius 1 is 1.24 bits per heavy atom. The van der Waals surface area contributed by atoms with Crippen molar-refractivity contribution in [3.05, 3.63) is 48.6 Å². The highest BCUT2D eigenvalue weighted by atomic mass is 32.2. The van der Waals surface area contributed by atoms with E-state index in [9.17, 15) is 13.2 Å². The standard InChI is InChI=1S/C22H33NO5S/c1-3-11-20(23-22(24)27-17-18-13-7-5-8-14-18)21(12-4-2)29(25,26)28-19-15-9-6-10-16-19/h4-5,7-8,13-14,19-21H,2-3,6,9-12,15-17H2,1H3,(H,23,24)/t20-,21-/m1/s1. The molecule has 1 saturated carbocycles. The second kappa shape index (κ2) is 12.0. The Morgan fingerprint density at radius 2 is 1.93 bits per heavy atom. The maximum absolute atomic E-state index is 13.0. The van der Waals surface area contributed by atoms with Crippen molar-refractivity contribution in [1.29, 1.82) is 0 Å². The van der Waals surface area contributed by atoms with Gasteiger partial charge in [-0.25, -0.2) is 4.79 Å². The van der Waals surface area contributed by atoms with Gasteiger partial charge in [0, 0.05) is 0 Å². The fraction of sp³-hybridized carbons (Fsp3) is 0.591. The van der Waals surface area contributed by atoms with Crippen LogP contribution in [0.3, 0.4) is 0 Å². The van der Waals surface area contributed by atoms with Gasteiger partial charge in [-0.1, -0.05) is 69.0 Å². The maximum atomic E-state index is 13.0. The molecule has 1 aromatic rings. The van der Waals surface area contributed by atoms with Gasteiger partial charge in [0.15, 0.2) is 0 Å². The minimum atomic E-state index is -3.86. The molecule has 6 nitrogen and oxygen atoms in total. The van der Waals surface area contributed by atoms with Crippen LogP contribution >= 0.6 is 0 Å². The van der Waals surface area contributed by atoms with Crippen LogP contribution < -0.4 is 5.32 Å². The van der Waals surface area contributed by atoms with Crippen LogP contribution in [-0.4, -0.2) is 31.9 Å². The number of hydrogen-bond donors (Lipinski definition) is 1. The third-order valence-corrected chi connectivity index (χ3v) is 6.96. The predicted molar refractivity (Wildman–Crippen MR) is 114 cm³/mol. The topological polar surface area (TPSA) is 81.7 Å². The Hall–Kier alpha value is -1.86. The molecule has 1 N–H and O–H groups in total. The zero-order valence-corrected chi connectivity index (χ0v) is 18.0. The Morgan fingerprint density at radius 3 is 2.55 bits per heavy atom. The summed E-state index contributed by atoms with van der Waals surface area (Å²) >= 11 is 0. The van der Waals surface area contributed by atoms with Crippen molar-refractivity contribution >= 4 is 16.2 Å². The van der Waals surface area contributed by atoms with E-state index < -0.39 is 27.5 Å². The average molecular weight is 424 g/mol. The number of hydrogen-bond acceptors (Lipinski definition) is 5. The van der Waals surface area contributed by atoms with Gasteiger partial charge in [-0.05, 0) is 31.2 Å². The molecular weight excluding hydrogens is 390 g/mol. The molecule has 1 aromatic carbocycles. The quantitative estimate of drug-likeness (QED) is 0.412. The van der Waals surface area contributed by atoms with Crippen molar-refractivity contribution in [1.82, 2.24) is 5.32 Å². The lowest BCUT2D eigenvalue weighted by atomic mass is 9.98. The predicted octanol–water partition coefficient (Wildman–Crippen LogP) is 4.71. The first-order chi connectivity index (χ1) is 14.0. The highest BCUT2D eigenvalue weighted by Gasteiger charge is 2.36. The maximum Gasteiger partial charge on any atom is 0.407 e. The van der Waals surface area contributed by atoms with Gasteiger partial charge in [-0.2, -0.15) is 8.42 Å². The summed E-state index contributed by atoms with van der Waals surface area (Å²) < 4.78 is 36.9. The summed E-state index contributed by atoms with van der Waals surface area (Å²) in [6.07, 6.45) is 6.68. The van der Waals surface area contributed by atoms with E-state index in [0.29, 0.717) is 6.42 Å². The SMILES string of the molecule is C=CC[C@H]([C@@H](CCC)NC(=O)OCc1ccccc1)S(=O)(=O)OC1CCCCC1. The fourth-order valence-corrected chi connectivity index (χ4v) is 5.34. The second-order valence-corrected chi connectivity index (χ2v) is 9.30. The molecule has 1 fully saturated rings. The van der Waals surface area contributed by atoms with Gasteiger partial charge in [-0.3, -0.25) is 4.18 Å². The number of benzene rings is 1. The van der Waals surface area contributed by atoms with Crippen molar-refractivity contribution < 1.29 is 22.1 Å². The number of carbonyl (C=O) groups excluding carboxylic acids is 1. The Balaban J connectivity index is 2.03. The number of alkyl carbamates (subject to hydrolysis) is 1. The lowest BCUT2D eigenvalue weighted by Crippen LogP contribution is -2.48. The summed E-state index contributed by atoms with van der Waals surface area (Å²) in [7, 11) is -3.86. The van der Waals surface area contributed by atoms with Gasteiger partial charge in [0.2, 0.25) is 0 Å². The number of nitrogens with one attached hydrogen (secondary N) is 1. The normalized spacial score (nSPS) is 17.3. The summed E-state index contributed by atoms with van der Waals surface area (Å²) in [4.78, 5) is 12.3. The molecule has 0 saturated heterocycles. The van der Waals surface area contributed by atoms with Gasteiger partial charge in [0.25, 0.3) is 10.1 Å². The Kier molecular flexibility index (Phi) is 9.67. The molecule has 2 atom stereocenters. The van der Waals surface area contributed by atoms with Crippen molar-refractivity contribution in [3.8, 4) is 0 Å². The van der Waals surface area contributed by atoms with E-state index in [1.165, 1.54) is 0 Å². The third-order valence-electron chi connectivity index (χ3n) is 5.16. The Labute approximate surface area is 174 Å². The van der Waals surface area contributed by atoms with Crippen LogP contribution in [0.15, 0.2) is 43.0 Å². The van der Waals surface area contributed by atoms with Crippen LogP contribution in [0.25, 0.3) is 0 Å². The monoisotopic (exact) mass is 423 g/mol. The van der Waals surface area contributed by atoms with Gasteiger partial charge in [-0.15, -0.1) is 6.58 Å². The minimum absolute atomic E-state index is 0.128. The molecule has 0 aliphatic heterocycles. The molecule has 1 aliphatic rings. The smallest absolute Gasteiger partial charge is 0.407 e. The van der Waals surface area contributed by atoms with E-state index in [1.807, 2.05) is 37.3 Å². The van der Waals surface area contributed by atoms with Crippen LogP contribution in [-0.2, 0) is 25.6 Å². The zero-order chi connectivity index (χ0) is 21.1. The van der Waals surface area contributed by atoms with Crippen LogP contribution in [0.4, 0.5) is 4.79 Å². The molecule has 7 heteroatoms. The minimum Gasteiger partial charge on any atom is -0.445 e. The highest BCUT2D eigenvalue weighted by molar-refractivity contribution is 7.87. The fourth-order valence-electron chi connectivity index (χ4n) is 3.65. The molecule has 0 aromatic heterocycles. The first kappa shape index (κ1) is 23.4. The average Bonchev–Trinajstić information content (AvgIpc) is 2.71. The highest BCUT2D eigenvalue weighted by Crippen LogP contribution is 2.26. The van der Waals surface area contributed by atoms with E-state index in [-0.39, 0.29) is 19.1 Å². The lowest BCUT2D eigenvalue weighted by molar-refractivity contribution is 0.133. The van der Waals surface area contributed by atoms with Gasteiger partial charge in [0.05, 0.1) is 12.1 Å². The first-order valence-electron chi connectivity index (χ1n) is 10.5. The van der Waals surface area contributed by atoms with Crippen molar-refractivity contribution in [2.24, 2.45) is 0 Å². The van der Waals surface area contributed by atoms with E-state index >= 15 is 0 Å². The molecule has 0 heterocycles.